The molecule has 2 unspecified atom stereocenters. The van der Waals surface area contributed by atoms with Crippen molar-refractivity contribution in [3.8, 4) is 0 Å². The number of fused-ring (bicyclic) bond motifs is 1. The zero-order valence-electron chi connectivity index (χ0n) is 17.2. The van der Waals surface area contributed by atoms with E-state index in [0.29, 0.717) is 11.2 Å². The molecule has 2 fully saturated rings. The van der Waals surface area contributed by atoms with Crippen molar-refractivity contribution in [1.82, 2.24) is 9.97 Å². The maximum Gasteiger partial charge on any atom is 0.418 e. The molecule has 178 valence electrons. The van der Waals surface area contributed by atoms with Gasteiger partial charge in [-0.05, 0) is 30.9 Å². The van der Waals surface area contributed by atoms with Crippen LogP contribution in [0.5, 0.6) is 0 Å². The number of aromatic nitrogens is 2. The maximum absolute atomic E-state index is 13.8. The number of carbonyl (C=O) groups is 1. The number of amides is 1. The van der Waals surface area contributed by atoms with Crippen LogP contribution in [0, 0.1) is 18.8 Å². The third-order valence-corrected chi connectivity index (χ3v) is 6.69. The molecule has 1 N–H and O–H groups in total. The van der Waals surface area contributed by atoms with E-state index >= 15 is 0 Å². The Bertz CT molecular complexity index is 1090. The summed E-state index contributed by atoms with van der Waals surface area (Å²) in [5.41, 5.74) is -1.95. The van der Waals surface area contributed by atoms with Crippen molar-refractivity contribution >= 4 is 29.2 Å². The predicted octanol–water partition coefficient (Wildman–Crippen LogP) is 5.11. The number of alkyl halides is 7. The molecule has 5 nitrogen and oxygen atoms in total. The first kappa shape index (κ1) is 23.6. The highest BCUT2D eigenvalue weighted by molar-refractivity contribution is 7.98. The molecule has 13 heteroatoms. The first-order valence-corrected chi connectivity index (χ1v) is 10.9. The molecule has 3 heterocycles. The van der Waals surface area contributed by atoms with Crippen molar-refractivity contribution in [1.29, 1.82) is 0 Å². The van der Waals surface area contributed by atoms with E-state index in [2.05, 4.69) is 15.3 Å². The minimum atomic E-state index is -4.84. The Hall–Kier alpha value is -2.57. The lowest BCUT2D eigenvalue weighted by atomic mass is 9.68. The summed E-state index contributed by atoms with van der Waals surface area (Å²) in [5.74, 6) is -13.2. The van der Waals surface area contributed by atoms with Crippen molar-refractivity contribution < 1.29 is 35.5 Å². The first-order chi connectivity index (χ1) is 15.3. The van der Waals surface area contributed by atoms with E-state index in [-0.39, 0.29) is 11.5 Å². The molecule has 2 aromatic rings. The highest BCUT2D eigenvalue weighted by Gasteiger charge is 2.80. The molecule has 0 bridgehead atoms. The van der Waals surface area contributed by atoms with E-state index in [1.807, 2.05) is 0 Å². The summed E-state index contributed by atoms with van der Waals surface area (Å²) in [7, 11) is 0. The summed E-state index contributed by atoms with van der Waals surface area (Å²) in [6, 6.07) is 2.92. The van der Waals surface area contributed by atoms with Gasteiger partial charge >= 0.3 is 18.0 Å². The van der Waals surface area contributed by atoms with Crippen LogP contribution in [0.4, 0.5) is 42.2 Å². The molecule has 1 saturated carbocycles. The molecule has 0 aromatic carbocycles. The van der Waals surface area contributed by atoms with E-state index in [1.165, 1.54) is 30.1 Å². The van der Waals surface area contributed by atoms with Crippen LogP contribution in [0.25, 0.3) is 0 Å². The smallest absolute Gasteiger partial charge is 0.355 e. The lowest BCUT2D eigenvalue weighted by Gasteiger charge is -2.46. The molecule has 33 heavy (non-hydrogen) atoms. The number of pyridine rings is 2. The Labute approximate surface area is 187 Å². The summed E-state index contributed by atoms with van der Waals surface area (Å²) in [6.07, 6.45) is -1.23. The lowest BCUT2D eigenvalue weighted by Crippen LogP contribution is -2.65. The monoisotopic (exact) mass is 494 g/mol. The summed E-state index contributed by atoms with van der Waals surface area (Å²) in [4.78, 5) is 21.8. The molecule has 2 aliphatic rings. The van der Waals surface area contributed by atoms with Gasteiger partial charge in [0.05, 0.1) is 28.0 Å². The van der Waals surface area contributed by atoms with Crippen LogP contribution >= 0.6 is 11.8 Å². The standard InChI is InChI=1S/C20H17F7N4OS/c1-9-11(20(25,26)27)6-29-16(31-7-12-13(8-31)19(23,24)18(12,21)22)15(9)17(32)30-10-3-4-28-14(5-10)33-2/h3-6,12-13H,7-8H2,1-2H3,(H,28,30,32). The van der Waals surface area contributed by atoms with Gasteiger partial charge < -0.3 is 10.2 Å². The summed E-state index contributed by atoms with van der Waals surface area (Å²) >= 11 is 1.27. The second kappa shape index (κ2) is 7.74. The minimum absolute atomic E-state index is 0.238. The van der Waals surface area contributed by atoms with Crippen molar-refractivity contribution in [2.75, 3.05) is 29.6 Å². The van der Waals surface area contributed by atoms with E-state index in [0.717, 1.165) is 11.8 Å². The van der Waals surface area contributed by atoms with Crippen molar-refractivity contribution in [2.24, 2.45) is 11.8 Å². The topological polar surface area (TPSA) is 58.1 Å². The fraction of sp³-hybridized carbons (Fsp3) is 0.450. The van der Waals surface area contributed by atoms with Gasteiger partial charge in [-0.2, -0.15) is 30.7 Å². The van der Waals surface area contributed by atoms with E-state index in [9.17, 15) is 35.5 Å². The average Bonchev–Trinajstić information content (AvgIpc) is 3.17. The Kier molecular flexibility index (Phi) is 5.53. The molecular weight excluding hydrogens is 477 g/mol. The zero-order valence-corrected chi connectivity index (χ0v) is 18.0. The average molecular weight is 494 g/mol. The maximum atomic E-state index is 13.8. The van der Waals surface area contributed by atoms with E-state index < -0.39 is 65.5 Å². The van der Waals surface area contributed by atoms with Gasteiger partial charge in [0, 0.05) is 31.2 Å². The molecule has 1 aliphatic heterocycles. The highest BCUT2D eigenvalue weighted by atomic mass is 32.2. The summed E-state index contributed by atoms with van der Waals surface area (Å²) in [6.45, 7) is -0.0644. The molecule has 4 rings (SSSR count). The predicted molar refractivity (Wildman–Crippen MR) is 107 cm³/mol. The highest BCUT2D eigenvalue weighted by Crippen LogP contribution is 2.62. The van der Waals surface area contributed by atoms with Gasteiger partial charge in [0.2, 0.25) is 0 Å². The number of rotatable bonds is 4. The Morgan fingerprint density at radius 2 is 1.76 bits per heavy atom. The van der Waals surface area contributed by atoms with Crippen LogP contribution in [-0.2, 0) is 6.18 Å². The fourth-order valence-electron chi connectivity index (χ4n) is 4.29. The fourth-order valence-corrected chi connectivity index (χ4v) is 4.70. The number of carbonyl (C=O) groups excluding carboxylic acids is 1. The normalized spacial score (nSPS) is 23.1. The van der Waals surface area contributed by atoms with Crippen LogP contribution < -0.4 is 10.2 Å². The number of nitrogens with one attached hydrogen (secondary N) is 1. The van der Waals surface area contributed by atoms with Crippen LogP contribution in [-0.4, -0.2) is 47.1 Å². The van der Waals surface area contributed by atoms with Crippen LogP contribution in [0.15, 0.2) is 29.6 Å². The summed E-state index contributed by atoms with van der Waals surface area (Å²) in [5, 5.41) is 3.00. The van der Waals surface area contributed by atoms with Crippen LogP contribution in [0.1, 0.15) is 21.5 Å². The molecule has 0 spiro atoms. The van der Waals surface area contributed by atoms with Gasteiger partial charge in [-0.3, -0.25) is 4.79 Å². The molecule has 2 atom stereocenters. The number of halogens is 7. The van der Waals surface area contributed by atoms with Gasteiger partial charge in [-0.1, -0.05) is 0 Å². The largest absolute Gasteiger partial charge is 0.418 e. The molecule has 0 radical (unpaired) electrons. The van der Waals surface area contributed by atoms with Gasteiger partial charge in [0.1, 0.15) is 5.82 Å². The quantitative estimate of drug-likeness (QED) is 0.473. The van der Waals surface area contributed by atoms with Crippen LogP contribution in [0.2, 0.25) is 0 Å². The number of hydrogen-bond donors (Lipinski definition) is 1. The molecular formula is C20H17F7N4OS. The van der Waals surface area contributed by atoms with E-state index in [1.54, 1.807) is 6.26 Å². The third kappa shape index (κ3) is 3.69. The zero-order chi connectivity index (χ0) is 24.3. The van der Waals surface area contributed by atoms with Crippen molar-refractivity contribution in [2.45, 2.75) is 30.0 Å². The molecule has 1 saturated heterocycles. The lowest BCUT2D eigenvalue weighted by molar-refractivity contribution is -0.339. The Balaban J connectivity index is 1.74. The summed E-state index contributed by atoms with van der Waals surface area (Å²) < 4.78 is 95.8. The van der Waals surface area contributed by atoms with Crippen molar-refractivity contribution in [3.63, 3.8) is 0 Å². The Morgan fingerprint density at radius 3 is 2.30 bits per heavy atom. The molecule has 2 aromatic heterocycles. The second-order valence-corrected chi connectivity index (χ2v) is 8.72. The second-order valence-electron chi connectivity index (χ2n) is 7.90. The Morgan fingerprint density at radius 1 is 1.15 bits per heavy atom. The van der Waals surface area contributed by atoms with Crippen molar-refractivity contribution in [3.05, 3.63) is 41.2 Å². The van der Waals surface area contributed by atoms with Gasteiger partial charge in [0.15, 0.2) is 0 Å². The first-order valence-electron chi connectivity index (χ1n) is 9.67. The third-order valence-electron chi connectivity index (χ3n) is 6.05. The van der Waals surface area contributed by atoms with Gasteiger partial charge in [-0.15, -0.1) is 11.8 Å². The number of anilines is 2. The minimum Gasteiger partial charge on any atom is -0.355 e. The van der Waals surface area contributed by atoms with Gasteiger partial charge in [0.25, 0.3) is 5.91 Å². The molecule has 1 amide bonds. The molecule has 1 aliphatic carbocycles. The number of thioether (sulfide) groups is 1. The number of nitrogens with zero attached hydrogens (tertiary/aromatic N) is 3. The van der Waals surface area contributed by atoms with Gasteiger partial charge in [-0.25, -0.2) is 9.97 Å². The van der Waals surface area contributed by atoms with E-state index in [4.69, 9.17) is 0 Å². The SMILES string of the molecule is CSc1cc(NC(=O)c2c(N3CC4C(C3)C(F)(F)C4(F)F)ncc(C(F)(F)F)c2C)ccn1. The number of hydrogen-bond acceptors (Lipinski definition) is 5. The van der Waals surface area contributed by atoms with Crippen LogP contribution in [0.3, 0.4) is 0 Å².